The smallest absolute Gasteiger partial charge is 0.305 e. The number of allylic oxidation sites excluding steroid dienone is 6. The van der Waals surface area contributed by atoms with Crippen LogP contribution in [0, 0.1) is 0 Å². The first kappa shape index (κ1) is 70.1. The van der Waals surface area contributed by atoms with Crippen LogP contribution in [0.15, 0.2) is 36.5 Å². The molecule has 2 unspecified atom stereocenters. The van der Waals surface area contributed by atoms with E-state index in [-0.39, 0.29) is 18.5 Å². The molecule has 0 aliphatic heterocycles. The first-order valence-electron chi connectivity index (χ1n) is 32.2. The van der Waals surface area contributed by atoms with E-state index in [1.807, 2.05) is 0 Å². The van der Waals surface area contributed by atoms with Crippen molar-refractivity contribution >= 4 is 11.9 Å². The molecule has 0 saturated heterocycles. The average Bonchev–Trinajstić information content (AvgIpc) is 3.38. The second-order valence-electron chi connectivity index (χ2n) is 22.1. The normalized spacial score (nSPS) is 12.8. The second-order valence-corrected chi connectivity index (χ2v) is 22.1. The molecule has 1 amide bonds. The van der Waals surface area contributed by atoms with E-state index in [9.17, 15) is 19.8 Å². The van der Waals surface area contributed by atoms with Crippen LogP contribution in [0.25, 0.3) is 0 Å². The lowest BCUT2D eigenvalue weighted by Gasteiger charge is -2.22. The fourth-order valence-electron chi connectivity index (χ4n) is 9.96. The third-order valence-electron chi connectivity index (χ3n) is 14.9. The van der Waals surface area contributed by atoms with Gasteiger partial charge in [0.15, 0.2) is 0 Å². The average molecular weight is 1010 g/mol. The molecule has 2 atom stereocenters. The zero-order valence-electron chi connectivity index (χ0n) is 48.4. The van der Waals surface area contributed by atoms with E-state index in [0.717, 1.165) is 51.4 Å². The van der Waals surface area contributed by atoms with Crippen LogP contribution in [0.2, 0.25) is 0 Å². The molecule has 0 radical (unpaired) electrons. The van der Waals surface area contributed by atoms with Crippen molar-refractivity contribution in [2.75, 3.05) is 13.2 Å². The molecule has 0 aromatic carbocycles. The van der Waals surface area contributed by atoms with Crippen LogP contribution in [0.1, 0.15) is 348 Å². The van der Waals surface area contributed by atoms with E-state index >= 15 is 0 Å². The molecule has 0 aliphatic rings. The minimum atomic E-state index is -0.669. The molecule has 3 N–H and O–H groups in total. The van der Waals surface area contributed by atoms with Gasteiger partial charge in [-0.25, -0.2) is 0 Å². The zero-order chi connectivity index (χ0) is 52.2. The number of carbonyl (C=O) groups excluding carboxylic acids is 2. The number of carbonyl (C=O) groups is 2. The fraction of sp³-hybridized carbons (Fsp3) is 0.879. The molecule has 6 nitrogen and oxygen atoms in total. The lowest BCUT2D eigenvalue weighted by atomic mass is 10.0. The molecule has 0 aliphatic carbocycles. The third-order valence-corrected chi connectivity index (χ3v) is 14.9. The van der Waals surface area contributed by atoms with E-state index in [4.69, 9.17) is 4.74 Å². The van der Waals surface area contributed by atoms with Gasteiger partial charge in [0.2, 0.25) is 5.91 Å². The highest BCUT2D eigenvalue weighted by Gasteiger charge is 2.20. The first-order valence-corrected chi connectivity index (χ1v) is 32.2. The van der Waals surface area contributed by atoms with Gasteiger partial charge in [0.25, 0.3) is 0 Å². The molecule has 0 saturated carbocycles. The number of aliphatic hydroxyl groups excluding tert-OH is 2. The Balaban J connectivity index is 3.42. The second kappa shape index (κ2) is 61.6. The van der Waals surface area contributed by atoms with Gasteiger partial charge >= 0.3 is 5.97 Å². The van der Waals surface area contributed by atoms with Crippen molar-refractivity contribution in [2.24, 2.45) is 0 Å². The first-order chi connectivity index (χ1) is 35.5. The maximum Gasteiger partial charge on any atom is 0.305 e. The van der Waals surface area contributed by atoms with E-state index in [1.54, 1.807) is 0 Å². The number of nitrogens with one attached hydrogen (secondary N) is 1. The summed E-state index contributed by atoms with van der Waals surface area (Å²) in [5.74, 6) is -0.0415. The number of aliphatic hydroxyl groups is 2. The Labute approximate surface area is 449 Å². The number of rotatable bonds is 60. The van der Waals surface area contributed by atoms with Crippen molar-refractivity contribution in [1.82, 2.24) is 5.32 Å². The monoisotopic (exact) mass is 1010 g/mol. The van der Waals surface area contributed by atoms with Crippen molar-refractivity contribution in [3.8, 4) is 0 Å². The van der Waals surface area contributed by atoms with E-state index in [1.165, 1.54) is 263 Å². The van der Waals surface area contributed by atoms with Crippen molar-refractivity contribution < 1.29 is 24.5 Å². The van der Waals surface area contributed by atoms with Crippen LogP contribution in [-0.2, 0) is 14.3 Å². The highest BCUT2D eigenvalue weighted by Crippen LogP contribution is 2.18. The van der Waals surface area contributed by atoms with E-state index in [0.29, 0.717) is 25.9 Å². The van der Waals surface area contributed by atoms with E-state index < -0.39 is 12.1 Å². The van der Waals surface area contributed by atoms with Gasteiger partial charge in [0.1, 0.15) is 0 Å². The van der Waals surface area contributed by atoms with Gasteiger partial charge in [0.05, 0.1) is 25.4 Å². The Morgan fingerprint density at radius 3 is 1.10 bits per heavy atom. The SMILES string of the molecule is CCCCC/C=C\C/C=C\CCCCCCCC(=O)OCCCCCCCCCCCCCC/C=C\CCCCCCCCCC(=O)NC(CO)C(O)CCCCCCCCCCCCCCCCCCC. The summed E-state index contributed by atoms with van der Waals surface area (Å²) in [5, 5.41) is 23.3. The zero-order valence-corrected chi connectivity index (χ0v) is 48.4. The van der Waals surface area contributed by atoms with Crippen LogP contribution >= 0.6 is 0 Å². The van der Waals surface area contributed by atoms with E-state index in [2.05, 4.69) is 55.6 Å². The topological polar surface area (TPSA) is 95.9 Å². The Bertz CT molecular complexity index is 1170. The van der Waals surface area contributed by atoms with Crippen LogP contribution in [-0.4, -0.2) is 47.4 Å². The molecule has 0 heterocycles. The quantitative estimate of drug-likeness (QED) is 0.0320. The number of esters is 1. The molecule has 72 heavy (non-hydrogen) atoms. The van der Waals surface area contributed by atoms with Gasteiger partial charge < -0.3 is 20.3 Å². The number of hydrogen-bond acceptors (Lipinski definition) is 5. The van der Waals surface area contributed by atoms with Crippen molar-refractivity contribution in [3.05, 3.63) is 36.5 Å². The molecular formula is C66H125NO5. The maximum atomic E-state index is 12.5. The van der Waals surface area contributed by atoms with Gasteiger partial charge in [0, 0.05) is 12.8 Å². The van der Waals surface area contributed by atoms with Crippen LogP contribution in [0.4, 0.5) is 0 Å². The van der Waals surface area contributed by atoms with Crippen LogP contribution in [0.5, 0.6) is 0 Å². The summed E-state index contributed by atoms with van der Waals surface area (Å²) in [5.41, 5.74) is 0. The predicted octanol–water partition coefficient (Wildman–Crippen LogP) is 20.4. The molecule has 0 fully saturated rings. The van der Waals surface area contributed by atoms with Crippen molar-refractivity contribution in [2.45, 2.75) is 360 Å². The molecule has 0 spiro atoms. The van der Waals surface area contributed by atoms with Gasteiger partial charge in [-0.3, -0.25) is 9.59 Å². The van der Waals surface area contributed by atoms with Gasteiger partial charge in [-0.15, -0.1) is 0 Å². The summed E-state index contributed by atoms with van der Waals surface area (Å²) in [6, 6.07) is -0.547. The lowest BCUT2D eigenvalue weighted by molar-refractivity contribution is -0.143. The minimum absolute atomic E-state index is 0.00229. The Morgan fingerprint density at radius 1 is 0.389 bits per heavy atom. The number of ether oxygens (including phenoxy) is 1. The number of amides is 1. The molecule has 0 aromatic rings. The van der Waals surface area contributed by atoms with Gasteiger partial charge in [-0.05, 0) is 83.5 Å². The van der Waals surface area contributed by atoms with Gasteiger partial charge in [-0.1, -0.05) is 288 Å². The van der Waals surface area contributed by atoms with Crippen molar-refractivity contribution in [1.29, 1.82) is 0 Å². The maximum absolute atomic E-state index is 12.5. The third kappa shape index (κ3) is 57.4. The number of unbranched alkanes of at least 4 members (excludes halogenated alkanes) is 43. The Hall–Kier alpha value is -1.92. The molecule has 0 aromatic heterocycles. The molecule has 6 heteroatoms. The van der Waals surface area contributed by atoms with Crippen LogP contribution < -0.4 is 5.32 Å². The predicted molar refractivity (Wildman–Crippen MR) is 315 cm³/mol. The van der Waals surface area contributed by atoms with Crippen LogP contribution in [0.3, 0.4) is 0 Å². The Kier molecular flexibility index (Phi) is 60.0. The largest absolute Gasteiger partial charge is 0.466 e. The van der Waals surface area contributed by atoms with Gasteiger partial charge in [-0.2, -0.15) is 0 Å². The summed E-state index contributed by atoms with van der Waals surface area (Å²) < 4.78 is 5.48. The minimum Gasteiger partial charge on any atom is -0.466 e. The summed E-state index contributed by atoms with van der Waals surface area (Å²) in [4.78, 5) is 24.6. The Morgan fingerprint density at radius 2 is 0.694 bits per heavy atom. The molecule has 0 rings (SSSR count). The standard InChI is InChI=1S/C66H125NO5/c1-3-5-7-9-11-13-15-17-19-27-31-34-38-42-46-50-54-58-64(69)63(62-68)67-65(70)59-55-51-47-43-39-35-32-28-25-23-21-20-22-24-26-29-33-37-41-45-49-53-57-61-72-66(71)60-56-52-48-44-40-36-30-18-16-14-12-10-8-6-4-2/h12,14,18,23,25,30,63-64,68-69H,3-11,13,15-17,19-22,24,26-29,31-62H2,1-2H3,(H,67,70)/b14-12-,25-23-,30-18-. The molecule has 424 valence electrons. The summed E-state index contributed by atoms with van der Waals surface area (Å²) in [6.07, 6.45) is 77.3. The lowest BCUT2D eigenvalue weighted by Crippen LogP contribution is -2.45. The molecule has 0 bridgehead atoms. The summed E-state index contributed by atoms with van der Waals surface area (Å²) in [6.45, 7) is 4.94. The summed E-state index contributed by atoms with van der Waals surface area (Å²) in [7, 11) is 0. The van der Waals surface area contributed by atoms with Crippen molar-refractivity contribution in [3.63, 3.8) is 0 Å². The fourth-order valence-corrected chi connectivity index (χ4v) is 9.96. The summed E-state index contributed by atoms with van der Waals surface area (Å²) >= 11 is 0. The molecular weight excluding hydrogens is 887 g/mol. The highest BCUT2D eigenvalue weighted by molar-refractivity contribution is 5.76. The highest BCUT2D eigenvalue weighted by atomic mass is 16.5. The number of hydrogen-bond donors (Lipinski definition) is 3.